The lowest BCUT2D eigenvalue weighted by Gasteiger charge is -2.31. The molecule has 108 valence electrons. The summed E-state index contributed by atoms with van der Waals surface area (Å²) in [5.41, 5.74) is -0.630. The fourth-order valence-corrected chi connectivity index (χ4v) is 3.58. The molecular weight excluding hydrogens is 250 g/mol. The van der Waals surface area contributed by atoms with Crippen LogP contribution < -0.4 is 5.32 Å². The third-order valence-electron chi connectivity index (χ3n) is 2.90. The van der Waals surface area contributed by atoms with Crippen LogP contribution in [0.4, 0.5) is 0 Å². The number of ether oxygens (including phenoxy) is 1. The van der Waals surface area contributed by atoms with E-state index in [9.17, 15) is 4.79 Å². The van der Waals surface area contributed by atoms with Crippen LogP contribution in [0.2, 0.25) is 0 Å². The van der Waals surface area contributed by atoms with Crippen LogP contribution in [0.5, 0.6) is 0 Å². The minimum Gasteiger partial charge on any atom is -0.468 e. The van der Waals surface area contributed by atoms with Crippen molar-refractivity contribution in [1.29, 1.82) is 0 Å². The molecule has 18 heavy (non-hydrogen) atoms. The number of aliphatic hydroxyl groups excluding tert-OH is 1. The maximum absolute atomic E-state index is 11.8. The van der Waals surface area contributed by atoms with E-state index in [1.807, 2.05) is 13.8 Å². The van der Waals surface area contributed by atoms with E-state index in [-0.39, 0.29) is 12.6 Å². The standard InChI is InChI=1S/C13H27NO3S/c1-6-14-13(4,12(16)17-5)9-11(3)18-10(2)7-8-15/h10-11,14-15H,6-9H2,1-5H3. The Hall–Kier alpha value is -0.260. The number of esters is 1. The largest absolute Gasteiger partial charge is 0.468 e. The Morgan fingerprint density at radius 2 is 2.06 bits per heavy atom. The van der Waals surface area contributed by atoms with E-state index in [0.29, 0.717) is 16.9 Å². The van der Waals surface area contributed by atoms with E-state index in [4.69, 9.17) is 9.84 Å². The van der Waals surface area contributed by atoms with Gasteiger partial charge in [-0.2, -0.15) is 11.8 Å². The van der Waals surface area contributed by atoms with Crippen molar-refractivity contribution in [3.8, 4) is 0 Å². The molecule has 0 aliphatic carbocycles. The highest BCUT2D eigenvalue weighted by Gasteiger charge is 2.35. The summed E-state index contributed by atoms with van der Waals surface area (Å²) in [5.74, 6) is -0.216. The lowest BCUT2D eigenvalue weighted by Crippen LogP contribution is -2.51. The van der Waals surface area contributed by atoms with Crippen LogP contribution in [-0.4, -0.2) is 47.4 Å². The fraction of sp³-hybridized carbons (Fsp3) is 0.923. The third-order valence-corrected chi connectivity index (χ3v) is 4.23. The van der Waals surface area contributed by atoms with Gasteiger partial charge in [-0.05, 0) is 26.3 Å². The number of thioether (sulfide) groups is 1. The predicted molar refractivity (Wildman–Crippen MR) is 76.9 cm³/mol. The number of carbonyl (C=O) groups is 1. The molecule has 5 heteroatoms. The number of hydrogen-bond acceptors (Lipinski definition) is 5. The van der Waals surface area contributed by atoms with Crippen molar-refractivity contribution in [2.24, 2.45) is 0 Å². The molecule has 0 aromatic heterocycles. The van der Waals surface area contributed by atoms with Gasteiger partial charge in [0.1, 0.15) is 5.54 Å². The highest BCUT2D eigenvalue weighted by atomic mass is 32.2. The molecule has 0 aromatic carbocycles. The zero-order chi connectivity index (χ0) is 14.2. The minimum atomic E-state index is -0.630. The van der Waals surface area contributed by atoms with Crippen LogP contribution >= 0.6 is 11.8 Å². The summed E-state index contributed by atoms with van der Waals surface area (Å²) in [7, 11) is 1.42. The monoisotopic (exact) mass is 277 g/mol. The Bertz CT molecular complexity index is 250. The van der Waals surface area contributed by atoms with Crippen molar-refractivity contribution in [2.75, 3.05) is 20.3 Å². The molecule has 0 heterocycles. The molecule has 0 saturated heterocycles. The number of methoxy groups -OCH3 is 1. The lowest BCUT2D eigenvalue weighted by atomic mass is 9.96. The molecule has 3 unspecified atom stereocenters. The second kappa shape index (κ2) is 8.77. The molecule has 0 radical (unpaired) electrons. The van der Waals surface area contributed by atoms with Crippen molar-refractivity contribution < 1.29 is 14.6 Å². The van der Waals surface area contributed by atoms with Crippen LogP contribution in [0.25, 0.3) is 0 Å². The molecule has 4 nitrogen and oxygen atoms in total. The second-order valence-corrected chi connectivity index (χ2v) is 6.71. The Labute approximate surface area is 115 Å². The maximum Gasteiger partial charge on any atom is 0.325 e. The molecular formula is C13H27NO3S. The van der Waals surface area contributed by atoms with Gasteiger partial charge in [0.25, 0.3) is 0 Å². The zero-order valence-corrected chi connectivity index (χ0v) is 13.0. The number of rotatable bonds is 9. The van der Waals surface area contributed by atoms with Crippen LogP contribution in [0.3, 0.4) is 0 Å². The number of likely N-dealkylation sites (N-methyl/N-ethyl adjacent to an activating group) is 1. The average Bonchev–Trinajstić information content (AvgIpc) is 2.27. The molecule has 0 spiro atoms. The summed E-state index contributed by atoms with van der Waals surface area (Å²) >= 11 is 1.80. The zero-order valence-electron chi connectivity index (χ0n) is 12.2. The number of aliphatic hydroxyl groups is 1. The topological polar surface area (TPSA) is 58.6 Å². The summed E-state index contributed by atoms with van der Waals surface area (Å²) in [4.78, 5) is 11.8. The Kier molecular flexibility index (Phi) is 8.65. The van der Waals surface area contributed by atoms with Gasteiger partial charge in [0.05, 0.1) is 7.11 Å². The van der Waals surface area contributed by atoms with Gasteiger partial charge in [-0.15, -0.1) is 0 Å². The first-order chi connectivity index (χ1) is 8.39. The van der Waals surface area contributed by atoms with Crippen LogP contribution in [0.1, 0.15) is 40.5 Å². The third kappa shape index (κ3) is 6.07. The predicted octanol–water partition coefficient (Wildman–Crippen LogP) is 1.81. The van der Waals surface area contributed by atoms with E-state index >= 15 is 0 Å². The summed E-state index contributed by atoms with van der Waals surface area (Å²) in [5, 5.41) is 12.8. The quantitative estimate of drug-likeness (QED) is 0.630. The van der Waals surface area contributed by atoms with E-state index in [2.05, 4.69) is 19.2 Å². The van der Waals surface area contributed by atoms with Crippen molar-refractivity contribution in [3.63, 3.8) is 0 Å². The Morgan fingerprint density at radius 3 is 2.50 bits per heavy atom. The minimum absolute atomic E-state index is 0.211. The molecule has 0 aliphatic heterocycles. The van der Waals surface area contributed by atoms with Gasteiger partial charge in [-0.25, -0.2) is 0 Å². The first-order valence-electron chi connectivity index (χ1n) is 6.49. The molecule has 0 saturated carbocycles. The molecule has 0 fully saturated rings. The van der Waals surface area contributed by atoms with E-state index < -0.39 is 5.54 Å². The van der Waals surface area contributed by atoms with E-state index in [1.54, 1.807) is 11.8 Å². The van der Waals surface area contributed by atoms with Crippen LogP contribution in [0, 0.1) is 0 Å². The number of hydrogen-bond donors (Lipinski definition) is 2. The van der Waals surface area contributed by atoms with Crippen LogP contribution in [-0.2, 0) is 9.53 Å². The van der Waals surface area contributed by atoms with Crippen LogP contribution in [0.15, 0.2) is 0 Å². The van der Waals surface area contributed by atoms with Gasteiger partial charge in [-0.3, -0.25) is 4.79 Å². The molecule has 0 bridgehead atoms. The first kappa shape index (κ1) is 17.7. The molecule has 2 N–H and O–H groups in total. The SMILES string of the molecule is CCNC(C)(CC(C)SC(C)CCO)C(=O)OC. The Morgan fingerprint density at radius 1 is 1.44 bits per heavy atom. The number of carbonyl (C=O) groups excluding carboxylic acids is 1. The highest BCUT2D eigenvalue weighted by molar-refractivity contribution is 8.00. The summed E-state index contributed by atoms with van der Waals surface area (Å²) in [6.45, 7) is 9.01. The maximum atomic E-state index is 11.8. The van der Waals surface area contributed by atoms with E-state index in [0.717, 1.165) is 13.0 Å². The lowest BCUT2D eigenvalue weighted by molar-refractivity contribution is -0.148. The van der Waals surface area contributed by atoms with Gasteiger partial charge in [0, 0.05) is 17.1 Å². The summed E-state index contributed by atoms with van der Waals surface area (Å²) in [6.07, 6.45) is 1.50. The van der Waals surface area contributed by atoms with Gasteiger partial charge in [-0.1, -0.05) is 20.8 Å². The van der Waals surface area contributed by atoms with Gasteiger partial charge >= 0.3 is 5.97 Å². The van der Waals surface area contributed by atoms with E-state index in [1.165, 1.54) is 7.11 Å². The van der Waals surface area contributed by atoms with Gasteiger partial charge in [0.15, 0.2) is 0 Å². The van der Waals surface area contributed by atoms with Gasteiger partial charge < -0.3 is 15.2 Å². The highest BCUT2D eigenvalue weighted by Crippen LogP contribution is 2.27. The van der Waals surface area contributed by atoms with Crippen molar-refractivity contribution in [1.82, 2.24) is 5.32 Å². The molecule has 0 aromatic rings. The second-order valence-electron chi connectivity index (χ2n) is 4.83. The molecule has 0 amide bonds. The smallest absolute Gasteiger partial charge is 0.325 e. The Balaban J connectivity index is 4.44. The number of nitrogens with one attached hydrogen (secondary N) is 1. The summed E-state index contributed by atoms with van der Waals surface area (Å²) < 4.78 is 4.87. The van der Waals surface area contributed by atoms with Gasteiger partial charge in [0.2, 0.25) is 0 Å². The summed E-state index contributed by atoms with van der Waals surface area (Å²) in [6, 6.07) is 0. The normalized spacial score (nSPS) is 17.9. The first-order valence-corrected chi connectivity index (χ1v) is 7.43. The fourth-order valence-electron chi connectivity index (χ4n) is 2.11. The molecule has 3 atom stereocenters. The van der Waals surface area contributed by atoms with Crippen molar-refractivity contribution in [3.05, 3.63) is 0 Å². The van der Waals surface area contributed by atoms with Crippen molar-refractivity contribution in [2.45, 2.75) is 56.6 Å². The molecule has 0 aliphatic rings. The average molecular weight is 277 g/mol. The van der Waals surface area contributed by atoms with Crippen molar-refractivity contribution >= 4 is 17.7 Å². The molecule has 0 rings (SSSR count).